The number of nitrogens with zero attached hydrogens (tertiary/aromatic N) is 1. The Balaban J connectivity index is 2.02. The fraction of sp³-hybridized carbons (Fsp3) is 0.188. The fourth-order valence-corrected chi connectivity index (χ4v) is 2.57. The number of thiazole rings is 1. The molecular formula is C16H17N3O3S. The number of rotatable bonds is 7. The van der Waals surface area contributed by atoms with Crippen molar-refractivity contribution in [1.82, 2.24) is 4.98 Å². The van der Waals surface area contributed by atoms with Crippen LogP contribution < -0.4 is 10.6 Å². The Labute approximate surface area is 138 Å². The maximum Gasteiger partial charge on any atom is 0.257 e. The molecule has 120 valence electrons. The third-order valence-corrected chi connectivity index (χ3v) is 3.88. The van der Waals surface area contributed by atoms with Gasteiger partial charge in [0.25, 0.3) is 5.91 Å². The second-order valence-electron chi connectivity index (χ2n) is 4.60. The average Bonchev–Trinajstić information content (AvgIpc) is 3.00. The summed E-state index contributed by atoms with van der Waals surface area (Å²) in [6, 6.07) is 6.65. The van der Waals surface area contributed by atoms with E-state index in [0.29, 0.717) is 23.0 Å². The van der Waals surface area contributed by atoms with E-state index >= 15 is 0 Å². The lowest BCUT2D eigenvalue weighted by atomic mass is 10.2. The van der Waals surface area contributed by atoms with E-state index < -0.39 is 0 Å². The van der Waals surface area contributed by atoms with Gasteiger partial charge >= 0.3 is 0 Å². The summed E-state index contributed by atoms with van der Waals surface area (Å²) in [6.45, 7) is 4.00. The molecular weight excluding hydrogens is 314 g/mol. The number of methoxy groups -OCH3 is 1. The molecule has 0 aliphatic rings. The monoisotopic (exact) mass is 331 g/mol. The number of anilines is 2. The molecule has 0 saturated carbocycles. The van der Waals surface area contributed by atoms with Crippen LogP contribution in [-0.4, -0.2) is 30.5 Å². The Hall–Kier alpha value is -2.51. The molecule has 7 heteroatoms. The summed E-state index contributed by atoms with van der Waals surface area (Å²) in [4.78, 5) is 28.7. The lowest BCUT2D eigenvalue weighted by Crippen LogP contribution is -2.13. The van der Waals surface area contributed by atoms with Crippen LogP contribution >= 0.6 is 11.3 Å². The van der Waals surface area contributed by atoms with E-state index in [2.05, 4.69) is 22.2 Å². The largest absolute Gasteiger partial charge is 0.384 e. The maximum atomic E-state index is 12.2. The zero-order valence-corrected chi connectivity index (χ0v) is 13.5. The van der Waals surface area contributed by atoms with E-state index in [4.69, 9.17) is 4.74 Å². The third kappa shape index (κ3) is 5.01. The molecule has 0 spiro atoms. The summed E-state index contributed by atoms with van der Waals surface area (Å²) < 4.78 is 5.01. The number of amides is 2. The minimum Gasteiger partial charge on any atom is -0.384 e. The SMILES string of the molecule is C=CC(=O)Nc1cccc(C(=O)Nc2ncc(CCOC)s2)c1. The van der Waals surface area contributed by atoms with E-state index in [9.17, 15) is 9.59 Å². The molecule has 0 unspecified atom stereocenters. The summed E-state index contributed by atoms with van der Waals surface area (Å²) in [7, 11) is 1.64. The molecule has 2 rings (SSSR count). The van der Waals surface area contributed by atoms with Crippen LogP contribution in [0.25, 0.3) is 0 Å². The van der Waals surface area contributed by atoms with Gasteiger partial charge in [0.05, 0.1) is 6.61 Å². The molecule has 2 amide bonds. The van der Waals surface area contributed by atoms with Crippen molar-refractivity contribution in [2.75, 3.05) is 24.4 Å². The number of hydrogen-bond donors (Lipinski definition) is 2. The van der Waals surface area contributed by atoms with Crippen molar-refractivity contribution in [3.8, 4) is 0 Å². The fourth-order valence-electron chi connectivity index (χ4n) is 1.78. The zero-order chi connectivity index (χ0) is 16.7. The highest BCUT2D eigenvalue weighted by atomic mass is 32.1. The van der Waals surface area contributed by atoms with Gasteiger partial charge in [0.15, 0.2) is 5.13 Å². The van der Waals surface area contributed by atoms with Crippen LogP contribution in [0.5, 0.6) is 0 Å². The molecule has 2 aromatic rings. The van der Waals surface area contributed by atoms with Crippen LogP contribution in [0.4, 0.5) is 10.8 Å². The van der Waals surface area contributed by atoms with Gasteiger partial charge in [-0.2, -0.15) is 0 Å². The molecule has 0 aliphatic carbocycles. The van der Waals surface area contributed by atoms with Crippen molar-refractivity contribution in [1.29, 1.82) is 0 Å². The zero-order valence-electron chi connectivity index (χ0n) is 12.7. The van der Waals surface area contributed by atoms with E-state index in [1.165, 1.54) is 17.4 Å². The van der Waals surface area contributed by atoms with Gasteiger partial charge < -0.3 is 10.1 Å². The van der Waals surface area contributed by atoms with Crippen LogP contribution in [-0.2, 0) is 16.0 Å². The van der Waals surface area contributed by atoms with Gasteiger partial charge in [-0.25, -0.2) is 4.98 Å². The number of hydrogen-bond acceptors (Lipinski definition) is 5. The number of carbonyl (C=O) groups is 2. The smallest absolute Gasteiger partial charge is 0.257 e. The van der Waals surface area contributed by atoms with Crippen molar-refractivity contribution < 1.29 is 14.3 Å². The number of aromatic nitrogens is 1. The molecule has 1 aromatic heterocycles. The van der Waals surface area contributed by atoms with Crippen molar-refractivity contribution in [2.24, 2.45) is 0 Å². The van der Waals surface area contributed by atoms with Crippen LogP contribution in [0.1, 0.15) is 15.2 Å². The Morgan fingerprint density at radius 3 is 2.96 bits per heavy atom. The molecule has 23 heavy (non-hydrogen) atoms. The summed E-state index contributed by atoms with van der Waals surface area (Å²) in [5, 5.41) is 5.89. The molecule has 1 heterocycles. The summed E-state index contributed by atoms with van der Waals surface area (Å²) in [5.74, 6) is -0.613. The highest BCUT2D eigenvalue weighted by Crippen LogP contribution is 2.20. The summed E-state index contributed by atoms with van der Waals surface area (Å²) in [6.07, 6.45) is 3.65. The summed E-state index contributed by atoms with van der Waals surface area (Å²) in [5.41, 5.74) is 0.961. The van der Waals surface area contributed by atoms with Crippen LogP contribution in [0.3, 0.4) is 0 Å². The van der Waals surface area contributed by atoms with Gasteiger partial charge in [-0.1, -0.05) is 12.6 Å². The van der Waals surface area contributed by atoms with Gasteiger partial charge in [-0.05, 0) is 24.3 Å². The van der Waals surface area contributed by atoms with Crippen molar-refractivity contribution in [3.05, 3.63) is 53.6 Å². The number of carbonyl (C=O) groups excluding carboxylic acids is 2. The normalized spacial score (nSPS) is 10.1. The molecule has 0 radical (unpaired) electrons. The van der Waals surface area contributed by atoms with Gasteiger partial charge in [0.2, 0.25) is 5.91 Å². The van der Waals surface area contributed by atoms with E-state index in [1.807, 2.05) is 0 Å². The quantitative estimate of drug-likeness (QED) is 0.765. The van der Waals surface area contributed by atoms with Gasteiger partial charge in [0.1, 0.15) is 0 Å². The average molecular weight is 331 g/mol. The molecule has 1 aromatic carbocycles. The molecule has 0 bridgehead atoms. The van der Waals surface area contributed by atoms with Gasteiger partial charge in [-0.3, -0.25) is 14.9 Å². The Morgan fingerprint density at radius 1 is 1.39 bits per heavy atom. The lowest BCUT2D eigenvalue weighted by Gasteiger charge is -2.05. The van der Waals surface area contributed by atoms with Crippen molar-refractivity contribution >= 4 is 34.0 Å². The Morgan fingerprint density at radius 2 is 2.22 bits per heavy atom. The Bertz CT molecular complexity index is 712. The summed E-state index contributed by atoms with van der Waals surface area (Å²) >= 11 is 1.41. The molecule has 0 saturated heterocycles. The molecule has 0 atom stereocenters. The standard InChI is InChI=1S/C16H17N3O3S/c1-3-14(20)18-12-6-4-5-11(9-12)15(21)19-16-17-10-13(23-16)7-8-22-2/h3-6,9-10H,1,7-8H2,2H3,(H,18,20)(H,17,19,21). The maximum absolute atomic E-state index is 12.2. The molecule has 0 fully saturated rings. The number of nitrogens with one attached hydrogen (secondary N) is 2. The minimum absolute atomic E-state index is 0.285. The predicted molar refractivity (Wildman–Crippen MR) is 90.9 cm³/mol. The third-order valence-electron chi connectivity index (χ3n) is 2.90. The van der Waals surface area contributed by atoms with Crippen molar-refractivity contribution in [2.45, 2.75) is 6.42 Å². The molecule has 6 nitrogen and oxygen atoms in total. The van der Waals surface area contributed by atoms with E-state index in [0.717, 1.165) is 11.3 Å². The minimum atomic E-state index is -0.328. The van der Waals surface area contributed by atoms with E-state index in [-0.39, 0.29) is 11.8 Å². The number of benzene rings is 1. The van der Waals surface area contributed by atoms with Gasteiger partial charge in [0, 0.05) is 35.9 Å². The topological polar surface area (TPSA) is 80.3 Å². The predicted octanol–water partition coefficient (Wildman–Crippen LogP) is 2.71. The first-order chi connectivity index (χ1) is 11.1. The highest BCUT2D eigenvalue weighted by Gasteiger charge is 2.10. The Kier molecular flexibility index (Phi) is 6.02. The van der Waals surface area contributed by atoms with Crippen LogP contribution in [0.2, 0.25) is 0 Å². The first-order valence-electron chi connectivity index (χ1n) is 6.91. The highest BCUT2D eigenvalue weighted by molar-refractivity contribution is 7.15. The molecule has 2 N–H and O–H groups in total. The van der Waals surface area contributed by atoms with Crippen LogP contribution in [0.15, 0.2) is 43.1 Å². The lowest BCUT2D eigenvalue weighted by molar-refractivity contribution is -0.111. The second kappa shape index (κ2) is 8.21. The van der Waals surface area contributed by atoms with Gasteiger partial charge in [-0.15, -0.1) is 11.3 Å². The first kappa shape index (κ1) is 16.9. The number of ether oxygens (including phenoxy) is 1. The van der Waals surface area contributed by atoms with Crippen LogP contribution in [0, 0.1) is 0 Å². The van der Waals surface area contributed by atoms with Crippen molar-refractivity contribution in [3.63, 3.8) is 0 Å². The first-order valence-corrected chi connectivity index (χ1v) is 7.72. The second-order valence-corrected chi connectivity index (χ2v) is 5.72. The van der Waals surface area contributed by atoms with E-state index in [1.54, 1.807) is 37.6 Å². The molecule has 0 aliphatic heterocycles.